The van der Waals surface area contributed by atoms with Crippen molar-refractivity contribution < 1.29 is 17.9 Å². The molecule has 1 aliphatic rings. The fourth-order valence-corrected chi connectivity index (χ4v) is 5.80. The topological polar surface area (TPSA) is 63.7 Å². The van der Waals surface area contributed by atoms with E-state index >= 15 is 0 Å². The Labute approximate surface area is 130 Å². The number of aryl methyl sites for hydroxylation is 1. The van der Waals surface area contributed by atoms with E-state index in [4.69, 9.17) is 4.74 Å². The largest absolute Gasteiger partial charge is 0.465 e. The van der Waals surface area contributed by atoms with Crippen LogP contribution in [0.3, 0.4) is 0 Å². The van der Waals surface area contributed by atoms with Gasteiger partial charge in [-0.1, -0.05) is 13.8 Å². The van der Waals surface area contributed by atoms with Gasteiger partial charge in [-0.25, -0.2) is 13.2 Å². The predicted octanol–water partition coefficient (Wildman–Crippen LogP) is 2.51. The van der Waals surface area contributed by atoms with Crippen molar-refractivity contribution in [3.8, 4) is 0 Å². The Bertz CT molecular complexity index is 633. The second-order valence-electron chi connectivity index (χ2n) is 5.72. The number of rotatable bonds is 4. The average molecular weight is 331 g/mol. The Morgan fingerprint density at radius 1 is 1.48 bits per heavy atom. The van der Waals surface area contributed by atoms with Crippen LogP contribution in [0.1, 0.15) is 35.5 Å². The van der Waals surface area contributed by atoms with Crippen LogP contribution in [0, 0.1) is 18.8 Å². The Hall–Kier alpha value is -0.920. The number of hydrogen-bond acceptors (Lipinski definition) is 5. The fraction of sp³-hybridized carbons (Fsp3) is 0.643. The van der Waals surface area contributed by atoms with Gasteiger partial charge < -0.3 is 4.74 Å². The first-order chi connectivity index (χ1) is 9.78. The lowest BCUT2D eigenvalue weighted by atomic mass is 9.96. The van der Waals surface area contributed by atoms with Crippen LogP contribution in [-0.2, 0) is 14.8 Å². The molecule has 2 heterocycles. The zero-order chi connectivity index (χ0) is 15.8. The third kappa shape index (κ3) is 3.00. The lowest BCUT2D eigenvalue weighted by molar-refractivity contribution is 0.0602. The number of hydrogen-bond donors (Lipinski definition) is 0. The molecular formula is C14H21NO4S2. The van der Waals surface area contributed by atoms with Crippen molar-refractivity contribution >= 4 is 27.3 Å². The number of nitrogens with zero attached hydrogens (tertiary/aromatic N) is 1. The van der Waals surface area contributed by atoms with Crippen molar-refractivity contribution in [2.24, 2.45) is 11.8 Å². The number of sulfonamides is 1. The molecule has 21 heavy (non-hydrogen) atoms. The fourth-order valence-electron chi connectivity index (χ4n) is 2.63. The summed E-state index contributed by atoms with van der Waals surface area (Å²) in [6.07, 6.45) is 0.869. The summed E-state index contributed by atoms with van der Waals surface area (Å²) in [7, 11) is -2.37. The quantitative estimate of drug-likeness (QED) is 0.795. The first-order valence-corrected chi connectivity index (χ1v) is 9.27. The van der Waals surface area contributed by atoms with E-state index in [1.165, 1.54) is 11.4 Å². The van der Waals surface area contributed by atoms with Gasteiger partial charge in [0.1, 0.15) is 9.77 Å². The predicted molar refractivity (Wildman–Crippen MR) is 82.1 cm³/mol. The number of methoxy groups -OCH3 is 1. The molecule has 0 N–H and O–H groups in total. The van der Waals surface area contributed by atoms with Crippen molar-refractivity contribution in [1.82, 2.24) is 4.31 Å². The molecule has 0 aromatic carbocycles. The van der Waals surface area contributed by atoms with Crippen LogP contribution in [-0.4, -0.2) is 38.9 Å². The number of carbonyl (C=O) groups excluding carboxylic acids is 1. The summed E-state index contributed by atoms with van der Waals surface area (Å²) in [6.45, 7) is 6.97. The maximum Gasteiger partial charge on any atom is 0.349 e. The molecule has 0 aliphatic carbocycles. The Balaban J connectivity index is 2.37. The maximum absolute atomic E-state index is 12.9. The normalized spacial score (nSPS) is 20.1. The van der Waals surface area contributed by atoms with Gasteiger partial charge in [-0.3, -0.25) is 0 Å². The molecule has 7 heteroatoms. The first-order valence-electron chi connectivity index (χ1n) is 6.95. The average Bonchev–Trinajstić information content (AvgIpc) is 3.04. The Morgan fingerprint density at radius 2 is 2.14 bits per heavy atom. The highest BCUT2D eigenvalue weighted by molar-refractivity contribution is 7.89. The van der Waals surface area contributed by atoms with Gasteiger partial charge in [-0.05, 0) is 36.1 Å². The zero-order valence-electron chi connectivity index (χ0n) is 12.8. The summed E-state index contributed by atoms with van der Waals surface area (Å²) >= 11 is 1.12. The van der Waals surface area contributed by atoms with E-state index in [1.54, 1.807) is 12.3 Å². The molecule has 2 rings (SSSR count). The second-order valence-corrected chi connectivity index (χ2v) is 8.48. The maximum atomic E-state index is 12.9. The van der Waals surface area contributed by atoms with E-state index < -0.39 is 16.0 Å². The minimum absolute atomic E-state index is 0.115. The molecule has 0 radical (unpaired) electrons. The molecule has 1 aromatic heterocycles. The van der Waals surface area contributed by atoms with Crippen LogP contribution in [0.25, 0.3) is 0 Å². The molecule has 1 aromatic rings. The van der Waals surface area contributed by atoms with E-state index in [2.05, 4.69) is 13.8 Å². The molecule has 1 atom stereocenters. The SMILES string of the molecule is COC(=O)c1scc(C)c1S(=O)(=O)N1CCC(C(C)C)C1. The van der Waals surface area contributed by atoms with E-state index in [-0.39, 0.29) is 9.77 Å². The molecule has 118 valence electrons. The van der Waals surface area contributed by atoms with Crippen LogP contribution >= 0.6 is 11.3 Å². The molecule has 0 saturated carbocycles. The van der Waals surface area contributed by atoms with E-state index in [9.17, 15) is 13.2 Å². The van der Waals surface area contributed by atoms with Gasteiger partial charge in [-0.2, -0.15) is 4.31 Å². The van der Waals surface area contributed by atoms with Crippen LogP contribution < -0.4 is 0 Å². The van der Waals surface area contributed by atoms with Gasteiger partial charge in [0.25, 0.3) is 0 Å². The van der Waals surface area contributed by atoms with Crippen LogP contribution in [0.5, 0.6) is 0 Å². The smallest absolute Gasteiger partial charge is 0.349 e. The van der Waals surface area contributed by atoms with Crippen LogP contribution in [0.2, 0.25) is 0 Å². The second kappa shape index (κ2) is 6.06. The molecule has 0 amide bonds. The van der Waals surface area contributed by atoms with Gasteiger partial charge in [0.15, 0.2) is 0 Å². The summed E-state index contributed by atoms with van der Waals surface area (Å²) in [5.41, 5.74) is 0.605. The van der Waals surface area contributed by atoms with Crippen molar-refractivity contribution in [1.29, 1.82) is 0 Å². The minimum atomic E-state index is -3.64. The van der Waals surface area contributed by atoms with Gasteiger partial charge in [-0.15, -0.1) is 11.3 Å². The van der Waals surface area contributed by atoms with Crippen molar-refractivity contribution in [3.05, 3.63) is 15.8 Å². The highest BCUT2D eigenvalue weighted by Crippen LogP contribution is 2.34. The summed E-state index contributed by atoms with van der Waals surface area (Å²) in [4.78, 5) is 12.1. The Morgan fingerprint density at radius 3 is 2.67 bits per heavy atom. The molecule has 1 saturated heterocycles. The molecular weight excluding hydrogens is 310 g/mol. The van der Waals surface area contributed by atoms with E-state index in [1.807, 2.05) is 0 Å². The molecule has 1 fully saturated rings. The monoisotopic (exact) mass is 331 g/mol. The first kappa shape index (κ1) is 16.5. The number of esters is 1. The van der Waals surface area contributed by atoms with Gasteiger partial charge in [0.05, 0.1) is 7.11 Å². The van der Waals surface area contributed by atoms with Gasteiger partial charge >= 0.3 is 5.97 Å². The molecule has 0 bridgehead atoms. The van der Waals surface area contributed by atoms with Gasteiger partial charge in [0, 0.05) is 13.1 Å². The van der Waals surface area contributed by atoms with Crippen LogP contribution in [0.4, 0.5) is 0 Å². The standard InChI is InChI=1S/C14H21NO4S2/c1-9(2)11-5-6-15(7-11)21(17,18)13-10(3)8-20-12(13)14(16)19-4/h8-9,11H,5-7H2,1-4H3. The lowest BCUT2D eigenvalue weighted by Gasteiger charge is -2.18. The van der Waals surface area contributed by atoms with Crippen molar-refractivity contribution in [2.45, 2.75) is 32.1 Å². The van der Waals surface area contributed by atoms with Crippen molar-refractivity contribution in [2.75, 3.05) is 20.2 Å². The highest BCUT2D eigenvalue weighted by atomic mass is 32.2. The highest BCUT2D eigenvalue weighted by Gasteiger charge is 2.37. The van der Waals surface area contributed by atoms with Crippen LogP contribution in [0.15, 0.2) is 10.3 Å². The summed E-state index contributed by atoms with van der Waals surface area (Å²) in [5, 5.41) is 1.69. The minimum Gasteiger partial charge on any atom is -0.465 e. The van der Waals surface area contributed by atoms with Gasteiger partial charge in [0.2, 0.25) is 10.0 Å². The van der Waals surface area contributed by atoms with E-state index in [0.717, 1.165) is 17.8 Å². The third-order valence-electron chi connectivity index (χ3n) is 4.02. The van der Waals surface area contributed by atoms with E-state index in [0.29, 0.717) is 30.5 Å². The van der Waals surface area contributed by atoms with Crippen molar-refractivity contribution in [3.63, 3.8) is 0 Å². The summed E-state index contributed by atoms with van der Waals surface area (Å²) < 4.78 is 31.9. The molecule has 0 spiro atoms. The molecule has 5 nitrogen and oxygen atoms in total. The lowest BCUT2D eigenvalue weighted by Crippen LogP contribution is -2.30. The summed E-state index contributed by atoms with van der Waals surface area (Å²) in [5.74, 6) is 0.237. The molecule has 1 aliphatic heterocycles. The molecule has 1 unspecified atom stereocenters. The number of ether oxygens (including phenoxy) is 1. The Kier molecular flexibility index (Phi) is 4.75. The zero-order valence-corrected chi connectivity index (χ0v) is 14.4. The number of thiophene rings is 1. The number of carbonyl (C=O) groups is 1. The third-order valence-corrected chi connectivity index (χ3v) is 7.28. The summed E-state index contributed by atoms with van der Waals surface area (Å²) in [6, 6.07) is 0.